The van der Waals surface area contributed by atoms with Gasteiger partial charge in [0, 0.05) is 44.7 Å². The highest BCUT2D eigenvalue weighted by molar-refractivity contribution is 8.29. The predicted octanol–water partition coefficient (Wildman–Crippen LogP) is 9.12. The number of nitrogens with zero attached hydrogens (tertiary/aromatic N) is 2. The second kappa shape index (κ2) is 11.7. The lowest BCUT2D eigenvalue weighted by Crippen LogP contribution is -2.25. The van der Waals surface area contributed by atoms with E-state index in [0.717, 1.165) is 38.7 Å². The van der Waals surface area contributed by atoms with E-state index in [1.807, 2.05) is 36.7 Å². The van der Waals surface area contributed by atoms with Gasteiger partial charge in [-0.2, -0.15) is 0 Å². The minimum Gasteiger partial charge on any atom is -0.332 e. The van der Waals surface area contributed by atoms with Crippen molar-refractivity contribution in [3.05, 3.63) is 77.1 Å². The summed E-state index contributed by atoms with van der Waals surface area (Å²) in [6.07, 6.45) is 8.11. The van der Waals surface area contributed by atoms with Crippen LogP contribution in [0.1, 0.15) is 82.8 Å². The molecule has 0 aliphatic heterocycles. The van der Waals surface area contributed by atoms with Crippen molar-refractivity contribution in [1.29, 1.82) is 0 Å². The van der Waals surface area contributed by atoms with Crippen LogP contribution in [0.2, 0.25) is 0 Å². The lowest BCUT2D eigenvalue weighted by molar-refractivity contribution is 0.336. The molecule has 0 saturated heterocycles. The van der Waals surface area contributed by atoms with Crippen LogP contribution in [0.3, 0.4) is 0 Å². The van der Waals surface area contributed by atoms with Crippen molar-refractivity contribution in [2.24, 2.45) is 0 Å². The fraction of sp³-hybridized carbons (Fsp3) is 0.467. The maximum Gasteiger partial charge on any atom is 0.123 e. The molecule has 0 amide bonds. The van der Waals surface area contributed by atoms with E-state index < -0.39 is 10.3 Å². The number of hydrogen-bond donors (Lipinski definition) is 0. The molecule has 6 heteroatoms. The quantitative estimate of drug-likeness (QED) is 0.259. The molecule has 0 aliphatic carbocycles. The van der Waals surface area contributed by atoms with Gasteiger partial charge in [0.2, 0.25) is 0 Å². The zero-order valence-electron chi connectivity index (χ0n) is 23.2. The molecule has 2 aromatic heterocycles. The first kappa shape index (κ1) is 28.7. The van der Waals surface area contributed by atoms with Crippen molar-refractivity contribution in [3.8, 4) is 11.1 Å². The average Bonchev–Trinajstić information content (AvgIpc) is 2.81. The van der Waals surface area contributed by atoms with Crippen LogP contribution in [0.4, 0.5) is 4.39 Å². The molecule has 1 aromatic carbocycles. The molecule has 0 fully saturated rings. The zero-order valence-corrected chi connectivity index (χ0v) is 24.8. The van der Waals surface area contributed by atoms with Crippen LogP contribution in [-0.2, 0) is 16.5 Å². The van der Waals surface area contributed by atoms with Crippen LogP contribution < -0.4 is 0 Å². The van der Waals surface area contributed by atoms with Gasteiger partial charge in [0.15, 0.2) is 0 Å². The second-order valence-electron chi connectivity index (χ2n) is 11.1. The third kappa shape index (κ3) is 6.70. The van der Waals surface area contributed by atoms with Gasteiger partial charge in [-0.15, -0.1) is 22.1 Å². The summed E-state index contributed by atoms with van der Waals surface area (Å²) in [6, 6.07) is 11.0. The van der Waals surface area contributed by atoms with Crippen molar-refractivity contribution in [2.75, 3.05) is 12.5 Å². The van der Waals surface area contributed by atoms with Gasteiger partial charge in [-0.3, -0.25) is 9.97 Å². The fourth-order valence-electron chi connectivity index (χ4n) is 3.89. The number of benzene rings is 1. The van der Waals surface area contributed by atoms with E-state index in [-0.39, 0.29) is 22.4 Å². The largest absolute Gasteiger partial charge is 0.332 e. The fourth-order valence-corrected chi connectivity index (χ4v) is 5.57. The summed E-state index contributed by atoms with van der Waals surface area (Å²) < 4.78 is 20.8. The van der Waals surface area contributed by atoms with E-state index in [1.165, 1.54) is 5.56 Å². The molecule has 0 bridgehead atoms. The van der Waals surface area contributed by atoms with Crippen molar-refractivity contribution in [1.82, 2.24) is 9.97 Å². The molecular formula is C30H41FN2OS2. The lowest BCUT2D eigenvalue weighted by atomic mass is 9.88. The van der Waals surface area contributed by atoms with Crippen LogP contribution in [0.25, 0.3) is 11.1 Å². The van der Waals surface area contributed by atoms with Crippen molar-refractivity contribution >= 4 is 22.1 Å². The highest BCUT2D eigenvalue weighted by Gasteiger charge is 2.31. The molecule has 0 unspecified atom stereocenters. The molecular weight excluding hydrogens is 487 g/mol. The number of rotatable bonds is 9. The minimum absolute atomic E-state index is 0.0480. The standard InChI is InChI=1S/C30H41FN2OS2/c1-20(2)28-25(18-34-36(8,9)30(5,6)7)27(22-10-12-23(31)13-11-22)26(29(33-28)21(3)4)19-35-24-14-16-32-17-15-24/h10-17,20-21H,18-19H2,1-9H3. The van der Waals surface area contributed by atoms with E-state index in [4.69, 9.17) is 9.17 Å². The smallest absolute Gasteiger partial charge is 0.123 e. The molecule has 3 aromatic rings. The molecule has 2 heterocycles. The Kier molecular flexibility index (Phi) is 9.29. The normalized spacial score (nSPS) is 13.0. The number of aromatic nitrogens is 2. The van der Waals surface area contributed by atoms with Gasteiger partial charge in [-0.25, -0.2) is 4.39 Å². The SMILES string of the molecule is CC(C)c1nc(C(C)C)c(CSc2ccncc2)c(-c2ccc(F)cc2)c1COS(C)(C)C(C)(C)C. The van der Waals surface area contributed by atoms with Crippen LogP contribution in [0.5, 0.6) is 0 Å². The number of thioether (sulfide) groups is 1. The highest BCUT2D eigenvalue weighted by atomic mass is 32.3. The van der Waals surface area contributed by atoms with Gasteiger partial charge >= 0.3 is 0 Å². The summed E-state index contributed by atoms with van der Waals surface area (Å²) in [5, 5.41) is 0. The highest BCUT2D eigenvalue weighted by Crippen LogP contribution is 2.55. The summed E-state index contributed by atoms with van der Waals surface area (Å²) in [7, 11) is -1.34. The molecule has 36 heavy (non-hydrogen) atoms. The number of hydrogen-bond acceptors (Lipinski definition) is 4. The first-order chi connectivity index (χ1) is 16.8. The summed E-state index contributed by atoms with van der Waals surface area (Å²) >= 11 is 1.78. The topological polar surface area (TPSA) is 35.0 Å². The van der Waals surface area contributed by atoms with Crippen molar-refractivity contribution < 1.29 is 8.57 Å². The van der Waals surface area contributed by atoms with Crippen LogP contribution in [0, 0.1) is 5.82 Å². The van der Waals surface area contributed by atoms with Crippen LogP contribution in [-0.4, -0.2) is 27.2 Å². The van der Waals surface area contributed by atoms with Gasteiger partial charge in [-0.05, 0) is 65.3 Å². The summed E-state index contributed by atoms with van der Waals surface area (Å²) in [4.78, 5) is 10.6. The minimum atomic E-state index is -1.34. The Morgan fingerprint density at radius 1 is 0.889 bits per heavy atom. The summed E-state index contributed by atoms with van der Waals surface area (Å²) in [5.41, 5.74) is 6.64. The second-order valence-corrected chi connectivity index (χ2v) is 16.1. The zero-order chi connectivity index (χ0) is 26.7. The average molecular weight is 529 g/mol. The molecule has 0 atom stereocenters. The monoisotopic (exact) mass is 528 g/mol. The molecule has 0 saturated carbocycles. The van der Waals surface area contributed by atoms with Gasteiger partial charge in [-0.1, -0.05) is 60.6 Å². The van der Waals surface area contributed by atoms with Gasteiger partial charge < -0.3 is 4.18 Å². The maximum atomic E-state index is 14.0. The molecule has 0 spiro atoms. The Labute approximate surface area is 223 Å². The number of halogens is 1. The maximum absolute atomic E-state index is 14.0. The molecule has 3 nitrogen and oxygen atoms in total. The summed E-state index contributed by atoms with van der Waals surface area (Å²) in [6.45, 7) is 16.0. The Morgan fingerprint density at radius 2 is 1.44 bits per heavy atom. The van der Waals surface area contributed by atoms with Crippen molar-refractivity contribution in [2.45, 2.75) is 82.3 Å². The third-order valence-electron chi connectivity index (χ3n) is 6.70. The first-order valence-electron chi connectivity index (χ1n) is 12.5. The third-order valence-corrected chi connectivity index (χ3v) is 11.4. The Hall–Kier alpha value is -1.89. The lowest BCUT2D eigenvalue weighted by Gasteiger charge is -2.44. The number of pyridine rings is 2. The van der Waals surface area contributed by atoms with E-state index in [0.29, 0.717) is 6.61 Å². The molecule has 0 aliphatic rings. The molecule has 196 valence electrons. The first-order valence-corrected chi connectivity index (χ1v) is 15.9. The van der Waals surface area contributed by atoms with E-state index >= 15 is 0 Å². The predicted molar refractivity (Wildman–Crippen MR) is 156 cm³/mol. The Balaban J connectivity index is 2.25. The van der Waals surface area contributed by atoms with E-state index in [1.54, 1.807) is 23.9 Å². The Bertz CT molecular complexity index is 1150. The van der Waals surface area contributed by atoms with Crippen molar-refractivity contribution in [3.63, 3.8) is 0 Å². The van der Waals surface area contributed by atoms with Gasteiger partial charge in [0.1, 0.15) is 5.82 Å². The van der Waals surface area contributed by atoms with E-state index in [9.17, 15) is 4.39 Å². The summed E-state index contributed by atoms with van der Waals surface area (Å²) in [5.74, 6) is 1.01. The van der Waals surface area contributed by atoms with Crippen LogP contribution >= 0.6 is 22.1 Å². The molecule has 3 rings (SSSR count). The van der Waals surface area contributed by atoms with Crippen LogP contribution in [0.15, 0.2) is 53.7 Å². The van der Waals surface area contributed by atoms with Gasteiger partial charge in [0.25, 0.3) is 0 Å². The van der Waals surface area contributed by atoms with Gasteiger partial charge in [0.05, 0.1) is 6.61 Å². The van der Waals surface area contributed by atoms with E-state index in [2.05, 4.69) is 66.0 Å². The molecule has 0 N–H and O–H groups in total. The molecule has 0 radical (unpaired) electrons. The Morgan fingerprint density at radius 3 is 1.97 bits per heavy atom.